The minimum Gasteiger partial charge on any atom is -0.353 e. The van der Waals surface area contributed by atoms with Crippen molar-refractivity contribution in [1.82, 2.24) is 0 Å². The second-order valence-corrected chi connectivity index (χ2v) is 4.27. The third-order valence-corrected chi connectivity index (χ3v) is 2.97. The van der Waals surface area contributed by atoms with E-state index in [1.165, 1.54) is 25.7 Å². The Bertz CT molecular complexity index is 147. The van der Waals surface area contributed by atoms with Gasteiger partial charge in [-0.2, -0.15) is 0 Å². The topological polar surface area (TPSA) is 18.5 Å². The highest BCUT2D eigenvalue weighted by atomic mass is 16.7. The van der Waals surface area contributed by atoms with Gasteiger partial charge in [-0.1, -0.05) is 33.1 Å². The Labute approximate surface area is 88.0 Å². The van der Waals surface area contributed by atoms with Gasteiger partial charge in [0.05, 0.1) is 6.10 Å². The zero-order valence-corrected chi connectivity index (χ0v) is 9.79. The van der Waals surface area contributed by atoms with E-state index in [4.69, 9.17) is 9.47 Å². The molecule has 0 N–H and O–H groups in total. The summed E-state index contributed by atoms with van der Waals surface area (Å²) in [7, 11) is 0. The summed E-state index contributed by atoms with van der Waals surface area (Å²) >= 11 is 0. The van der Waals surface area contributed by atoms with Crippen LogP contribution in [0, 0.1) is 5.92 Å². The molecule has 0 aliphatic carbocycles. The van der Waals surface area contributed by atoms with E-state index in [0.29, 0.717) is 12.0 Å². The highest BCUT2D eigenvalue weighted by molar-refractivity contribution is 4.75. The molecule has 2 nitrogen and oxygen atoms in total. The standard InChI is InChI=1S/C12H24O2/c1-4-6-7-8-11-10(3)9-12(14-11)13-5-2/h10-12H,4-9H2,1-3H3/t10-,11+,12?/m1/s1. The Morgan fingerprint density at radius 2 is 2.07 bits per heavy atom. The van der Waals surface area contributed by atoms with Crippen LogP contribution in [0.4, 0.5) is 0 Å². The molecule has 0 bridgehead atoms. The van der Waals surface area contributed by atoms with Crippen molar-refractivity contribution in [2.45, 2.75) is 65.3 Å². The number of hydrogen-bond donors (Lipinski definition) is 0. The molecule has 0 saturated carbocycles. The van der Waals surface area contributed by atoms with Crippen LogP contribution in [0.1, 0.15) is 52.9 Å². The molecule has 0 aromatic rings. The Balaban J connectivity index is 2.19. The lowest BCUT2D eigenvalue weighted by atomic mass is 9.99. The third-order valence-electron chi connectivity index (χ3n) is 2.97. The molecule has 1 aliphatic heterocycles. The van der Waals surface area contributed by atoms with Crippen LogP contribution in [0.25, 0.3) is 0 Å². The van der Waals surface area contributed by atoms with Gasteiger partial charge in [-0.15, -0.1) is 0 Å². The maximum atomic E-state index is 5.84. The first kappa shape index (κ1) is 12.0. The summed E-state index contributed by atoms with van der Waals surface area (Å²) in [6.07, 6.45) is 6.70. The van der Waals surface area contributed by atoms with Crippen molar-refractivity contribution in [1.29, 1.82) is 0 Å². The van der Waals surface area contributed by atoms with Crippen LogP contribution in [0.15, 0.2) is 0 Å². The van der Waals surface area contributed by atoms with E-state index in [9.17, 15) is 0 Å². The molecule has 0 spiro atoms. The lowest BCUT2D eigenvalue weighted by Crippen LogP contribution is -2.15. The molecule has 1 aliphatic rings. The van der Waals surface area contributed by atoms with Gasteiger partial charge in [0.1, 0.15) is 0 Å². The second-order valence-electron chi connectivity index (χ2n) is 4.27. The highest BCUT2D eigenvalue weighted by Crippen LogP contribution is 2.29. The van der Waals surface area contributed by atoms with Gasteiger partial charge in [0.25, 0.3) is 0 Å². The highest BCUT2D eigenvalue weighted by Gasteiger charge is 2.31. The fourth-order valence-corrected chi connectivity index (χ4v) is 2.08. The monoisotopic (exact) mass is 200 g/mol. The Hall–Kier alpha value is -0.0800. The molecule has 3 atom stereocenters. The lowest BCUT2D eigenvalue weighted by Gasteiger charge is -2.14. The van der Waals surface area contributed by atoms with E-state index in [1.54, 1.807) is 0 Å². The average molecular weight is 200 g/mol. The summed E-state index contributed by atoms with van der Waals surface area (Å²) in [6.45, 7) is 7.30. The predicted octanol–water partition coefficient (Wildman–Crippen LogP) is 3.35. The molecule has 2 heteroatoms. The van der Waals surface area contributed by atoms with Gasteiger partial charge in [0.15, 0.2) is 6.29 Å². The fourth-order valence-electron chi connectivity index (χ4n) is 2.08. The van der Waals surface area contributed by atoms with Crippen molar-refractivity contribution in [3.8, 4) is 0 Å². The second kappa shape index (κ2) is 6.41. The normalized spacial score (nSPS) is 32.4. The molecule has 1 saturated heterocycles. The predicted molar refractivity (Wildman–Crippen MR) is 58.2 cm³/mol. The van der Waals surface area contributed by atoms with E-state index < -0.39 is 0 Å². The van der Waals surface area contributed by atoms with Crippen molar-refractivity contribution < 1.29 is 9.47 Å². The molecular weight excluding hydrogens is 176 g/mol. The lowest BCUT2D eigenvalue weighted by molar-refractivity contribution is -0.132. The molecule has 84 valence electrons. The minimum atomic E-state index is 0.0710. The van der Waals surface area contributed by atoms with Crippen molar-refractivity contribution >= 4 is 0 Å². The Morgan fingerprint density at radius 1 is 1.29 bits per heavy atom. The number of hydrogen-bond acceptors (Lipinski definition) is 2. The van der Waals surface area contributed by atoms with Crippen molar-refractivity contribution in [3.63, 3.8) is 0 Å². The quantitative estimate of drug-likeness (QED) is 0.612. The van der Waals surface area contributed by atoms with Crippen LogP contribution in [-0.2, 0) is 9.47 Å². The first-order valence-corrected chi connectivity index (χ1v) is 6.05. The van der Waals surface area contributed by atoms with E-state index in [2.05, 4.69) is 13.8 Å². The van der Waals surface area contributed by atoms with Gasteiger partial charge in [-0.25, -0.2) is 0 Å². The van der Waals surface area contributed by atoms with Gasteiger partial charge in [-0.05, 0) is 19.3 Å². The van der Waals surface area contributed by atoms with Crippen molar-refractivity contribution in [2.24, 2.45) is 5.92 Å². The van der Waals surface area contributed by atoms with Gasteiger partial charge in [0.2, 0.25) is 0 Å². The SMILES string of the molecule is CCCCC[C@@H]1OC(OCC)C[C@H]1C. The van der Waals surface area contributed by atoms with Crippen LogP contribution in [-0.4, -0.2) is 19.0 Å². The van der Waals surface area contributed by atoms with Gasteiger partial charge in [-0.3, -0.25) is 0 Å². The molecule has 1 unspecified atom stereocenters. The van der Waals surface area contributed by atoms with E-state index >= 15 is 0 Å². The zero-order valence-electron chi connectivity index (χ0n) is 9.79. The zero-order chi connectivity index (χ0) is 10.4. The summed E-state index contributed by atoms with van der Waals surface area (Å²) in [6, 6.07) is 0. The van der Waals surface area contributed by atoms with Crippen LogP contribution in [0.5, 0.6) is 0 Å². The first-order valence-electron chi connectivity index (χ1n) is 6.05. The number of rotatable bonds is 6. The Morgan fingerprint density at radius 3 is 2.71 bits per heavy atom. The van der Waals surface area contributed by atoms with Crippen LogP contribution >= 0.6 is 0 Å². The number of unbranched alkanes of at least 4 members (excludes halogenated alkanes) is 2. The van der Waals surface area contributed by atoms with Gasteiger partial charge >= 0.3 is 0 Å². The molecule has 0 amide bonds. The van der Waals surface area contributed by atoms with Crippen LogP contribution < -0.4 is 0 Å². The van der Waals surface area contributed by atoms with Gasteiger partial charge < -0.3 is 9.47 Å². The maximum absolute atomic E-state index is 5.84. The molecule has 0 aromatic carbocycles. The van der Waals surface area contributed by atoms with Crippen LogP contribution in [0.3, 0.4) is 0 Å². The molecule has 14 heavy (non-hydrogen) atoms. The van der Waals surface area contributed by atoms with E-state index in [0.717, 1.165) is 13.0 Å². The fraction of sp³-hybridized carbons (Fsp3) is 1.00. The van der Waals surface area contributed by atoms with Gasteiger partial charge in [0, 0.05) is 13.0 Å². The molecule has 1 heterocycles. The molecule has 0 aromatic heterocycles. The van der Waals surface area contributed by atoms with Crippen LogP contribution in [0.2, 0.25) is 0 Å². The molecule has 1 rings (SSSR count). The largest absolute Gasteiger partial charge is 0.353 e. The summed E-state index contributed by atoms with van der Waals surface area (Å²) in [4.78, 5) is 0. The van der Waals surface area contributed by atoms with E-state index in [1.807, 2.05) is 6.92 Å². The maximum Gasteiger partial charge on any atom is 0.158 e. The van der Waals surface area contributed by atoms with Crippen molar-refractivity contribution in [2.75, 3.05) is 6.61 Å². The Kier molecular flexibility index (Phi) is 5.49. The smallest absolute Gasteiger partial charge is 0.158 e. The number of ether oxygens (including phenoxy) is 2. The summed E-state index contributed by atoms with van der Waals surface area (Å²) in [5, 5.41) is 0. The van der Waals surface area contributed by atoms with E-state index in [-0.39, 0.29) is 6.29 Å². The summed E-state index contributed by atoms with van der Waals surface area (Å²) < 4.78 is 11.3. The first-order chi connectivity index (χ1) is 6.77. The summed E-state index contributed by atoms with van der Waals surface area (Å²) in [5.41, 5.74) is 0. The molecular formula is C12H24O2. The molecule has 0 radical (unpaired) electrons. The minimum absolute atomic E-state index is 0.0710. The third kappa shape index (κ3) is 3.58. The summed E-state index contributed by atoms with van der Waals surface area (Å²) in [5.74, 6) is 0.670. The molecule has 1 fully saturated rings. The average Bonchev–Trinajstić information content (AvgIpc) is 2.48. The van der Waals surface area contributed by atoms with Crippen molar-refractivity contribution in [3.05, 3.63) is 0 Å².